The van der Waals surface area contributed by atoms with Crippen molar-refractivity contribution in [3.8, 4) is 0 Å². The predicted molar refractivity (Wildman–Crippen MR) is 88.1 cm³/mol. The van der Waals surface area contributed by atoms with Gasteiger partial charge in [0.1, 0.15) is 0 Å². The second kappa shape index (κ2) is 6.92. The molecule has 0 atom stereocenters. The van der Waals surface area contributed by atoms with E-state index in [9.17, 15) is 5.11 Å². The van der Waals surface area contributed by atoms with Crippen molar-refractivity contribution in [2.24, 2.45) is 0 Å². The highest BCUT2D eigenvalue weighted by Gasteiger charge is 2.31. The average Bonchev–Trinajstić information content (AvgIpc) is 2.74. The summed E-state index contributed by atoms with van der Waals surface area (Å²) in [6.07, 6.45) is 6.69. The summed E-state index contributed by atoms with van der Waals surface area (Å²) in [6.45, 7) is 6.85. The highest BCUT2D eigenvalue weighted by molar-refractivity contribution is 5.37. The van der Waals surface area contributed by atoms with Gasteiger partial charge in [0.05, 0.1) is 11.3 Å². The van der Waals surface area contributed by atoms with Crippen molar-refractivity contribution < 1.29 is 5.11 Å². The van der Waals surface area contributed by atoms with Gasteiger partial charge in [-0.25, -0.2) is 0 Å². The zero-order valence-electron chi connectivity index (χ0n) is 13.7. The molecule has 1 N–H and O–H groups in total. The zero-order valence-corrected chi connectivity index (χ0v) is 13.7. The minimum atomic E-state index is -0.447. The maximum Gasteiger partial charge on any atom is 0.151 e. The van der Waals surface area contributed by atoms with Gasteiger partial charge in [0.15, 0.2) is 5.82 Å². The third-order valence-corrected chi connectivity index (χ3v) is 5.00. The first-order valence-corrected chi connectivity index (χ1v) is 8.65. The van der Waals surface area contributed by atoms with Gasteiger partial charge in [-0.15, -0.1) is 5.10 Å². The van der Waals surface area contributed by atoms with E-state index >= 15 is 0 Å². The number of anilines is 1. The number of aromatic nitrogens is 2. The molecule has 0 bridgehead atoms. The van der Waals surface area contributed by atoms with Crippen LogP contribution in [0.15, 0.2) is 12.1 Å². The summed E-state index contributed by atoms with van der Waals surface area (Å²) in [4.78, 5) is 4.75. The molecule has 2 fully saturated rings. The molecule has 1 aliphatic carbocycles. The number of aryl methyl sites for hydroxylation is 1. The van der Waals surface area contributed by atoms with Crippen molar-refractivity contribution in [2.75, 3.05) is 37.6 Å². The standard InChI is InChI=1S/C17H28N4O/c1-15-6-7-16(19-18-15)21-11-5-10-20(12-13-21)14-17(22)8-3-2-4-9-17/h6-7,22H,2-5,8-14H2,1H3. The van der Waals surface area contributed by atoms with Crippen molar-refractivity contribution in [3.05, 3.63) is 17.8 Å². The van der Waals surface area contributed by atoms with E-state index in [2.05, 4.69) is 26.1 Å². The lowest BCUT2D eigenvalue weighted by Crippen LogP contribution is -2.45. The van der Waals surface area contributed by atoms with Crippen molar-refractivity contribution in [3.63, 3.8) is 0 Å². The molecule has 0 amide bonds. The molecule has 1 saturated carbocycles. The fourth-order valence-corrected chi connectivity index (χ4v) is 3.70. The van der Waals surface area contributed by atoms with Crippen molar-refractivity contribution >= 4 is 5.82 Å². The first kappa shape index (κ1) is 15.7. The van der Waals surface area contributed by atoms with Crippen LogP contribution in [-0.4, -0.2) is 58.5 Å². The van der Waals surface area contributed by atoms with Gasteiger partial charge in [-0.05, 0) is 38.3 Å². The van der Waals surface area contributed by atoms with E-state index in [4.69, 9.17) is 0 Å². The van der Waals surface area contributed by atoms with Crippen molar-refractivity contribution in [1.82, 2.24) is 15.1 Å². The van der Waals surface area contributed by atoms with Gasteiger partial charge >= 0.3 is 0 Å². The summed E-state index contributed by atoms with van der Waals surface area (Å²) in [6, 6.07) is 4.09. The first-order valence-electron chi connectivity index (χ1n) is 8.65. The Morgan fingerprint density at radius 2 is 1.82 bits per heavy atom. The number of β-amino-alcohol motifs (C(OH)–C–C–N with tert-alkyl or cyclic N) is 1. The van der Waals surface area contributed by atoms with Crippen LogP contribution < -0.4 is 4.90 Å². The summed E-state index contributed by atoms with van der Waals surface area (Å²) in [5.41, 5.74) is 0.511. The Morgan fingerprint density at radius 1 is 1.00 bits per heavy atom. The van der Waals surface area contributed by atoms with Crippen molar-refractivity contribution in [2.45, 2.75) is 51.0 Å². The average molecular weight is 304 g/mol. The molecule has 0 aromatic carbocycles. The Bertz CT molecular complexity index is 470. The summed E-state index contributed by atoms with van der Waals surface area (Å²) in [5, 5.41) is 19.2. The van der Waals surface area contributed by atoms with E-state index in [0.717, 1.165) is 63.5 Å². The Kier molecular flexibility index (Phi) is 4.93. The fraction of sp³-hybridized carbons (Fsp3) is 0.765. The molecule has 122 valence electrons. The third-order valence-electron chi connectivity index (χ3n) is 5.00. The van der Waals surface area contributed by atoms with Gasteiger partial charge in [0, 0.05) is 32.7 Å². The van der Waals surface area contributed by atoms with Gasteiger partial charge < -0.3 is 10.0 Å². The summed E-state index contributed by atoms with van der Waals surface area (Å²) >= 11 is 0. The lowest BCUT2D eigenvalue weighted by molar-refractivity contribution is -0.0248. The minimum absolute atomic E-state index is 0.447. The minimum Gasteiger partial charge on any atom is -0.389 e. The Morgan fingerprint density at radius 3 is 2.55 bits per heavy atom. The summed E-state index contributed by atoms with van der Waals surface area (Å²) in [5.74, 6) is 0.976. The second-order valence-corrected chi connectivity index (χ2v) is 6.93. The quantitative estimate of drug-likeness (QED) is 0.925. The van der Waals surface area contributed by atoms with Crippen LogP contribution in [0.5, 0.6) is 0 Å². The van der Waals surface area contributed by atoms with E-state index < -0.39 is 5.60 Å². The van der Waals surface area contributed by atoms with E-state index in [1.54, 1.807) is 0 Å². The number of aliphatic hydroxyl groups is 1. The lowest BCUT2D eigenvalue weighted by Gasteiger charge is -2.36. The van der Waals surface area contributed by atoms with E-state index in [1.165, 1.54) is 19.3 Å². The van der Waals surface area contributed by atoms with E-state index in [1.807, 2.05) is 13.0 Å². The predicted octanol–water partition coefficient (Wildman–Crippen LogP) is 1.99. The molecular formula is C17H28N4O. The maximum absolute atomic E-state index is 10.8. The maximum atomic E-state index is 10.8. The lowest BCUT2D eigenvalue weighted by atomic mass is 9.84. The molecule has 5 nitrogen and oxygen atoms in total. The molecule has 2 aliphatic rings. The smallest absolute Gasteiger partial charge is 0.151 e. The number of hydrogen-bond acceptors (Lipinski definition) is 5. The van der Waals surface area contributed by atoms with Gasteiger partial charge in [-0.3, -0.25) is 4.90 Å². The molecule has 3 rings (SSSR count). The highest BCUT2D eigenvalue weighted by atomic mass is 16.3. The van der Waals surface area contributed by atoms with Gasteiger partial charge in [0.2, 0.25) is 0 Å². The number of nitrogens with zero attached hydrogens (tertiary/aromatic N) is 4. The van der Waals surface area contributed by atoms with Crippen molar-refractivity contribution in [1.29, 1.82) is 0 Å². The Balaban J connectivity index is 1.56. The molecule has 2 heterocycles. The molecule has 5 heteroatoms. The second-order valence-electron chi connectivity index (χ2n) is 6.93. The normalized spacial score (nSPS) is 23.3. The zero-order chi connectivity index (χ0) is 15.4. The van der Waals surface area contributed by atoms with Crippen LogP contribution in [0.1, 0.15) is 44.2 Å². The summed E-state index contributed by atoms with van der Waals surface area (Å²) in [7, 11) is 0. The molecule has 0 spiro atoms. The highest BCUT2D eigenvalue weighted by Crippen LogP contribution is 2.29. The topological polar surface area (TPSA) is 52.5 Å². The van der Waals surface area contributed by atoms with E-state index in [0.29, 0.717) is 0 Å². The Labute approximate surface area is 133 Å². The first-order chi connectivity index (χ1) is 10.6. The molecule has 0 radical (unpaired) electrons. The number of hydrogen-bond donors (Lipinski definition) is 1. The summed E-state index contributed by atoms with van der Waals surface area (Å²) < 4.78 is 0. The molecule has 0 unspecified atom stereocenters. The number of rotatable bonds is 3. The van der Waals surface area contributed by atoms with Crippen LogP contribution in [0.4, 0.5) is 5.82 Å². The largest absolute Gasteiger partial charge is 0.389 e. The fourth-order valence-electron chi connectivity index (χ4n) is 3.70. The van der Waals surface area contributed by atoms with Crippen LogP contribution in [0.2, 0.25) is 0 Å². The van der Waals surface area contributed by atoms with Crippen LogP contribution in [0, 0.1) is 6.92 Å². The molecule has 1 aromatic heterocycles. The van der Waals surface area contributed by atoms with Crippen LogP contribution in [-0.2, 0) is 0 Å². The Hall–Kier alpha value is -1.20. The molecule has 1 aliphatic heterocycles. The van der Waals surface area contributed by atoms with Gasteiger partial charge in [-0.1, -0.05) is 19.3 Å². The van der Waals surface area contributed by atoms with Crippen LogP contribution in [0.25, 0.3) is 0 Å². The SMILES string of the molecule is Cc1ccc(N2CCCN(CC3(O)CCCCC3)CC2)nn1. The molecule has 22 heavy (non-hydrogen) atoms. The molecular weight excluding hydrogens is 276 g/mol. The van der Waals surface area contributed by atoms with E-state index in [-0.39, 0.29) is 0 Å². The van der Waals surface area contributed by atoms with Crippen LogP contribution in [0.3, 0.4) is 0 Å². The third kappa shape index (κ3) is 3.96. The van der Waals surface area contributed by atoms with Gasteiger partial charge in [0.25, 0.3) is 0 Å². The van der Waals surface area contributed by atoms with Gasteiger partial charge in [-0.2, -0.15) is 5.10 Å². The molecule has 1 saturated heterocycles. The monoisotopic (exact) mass is 304 g/mol. The van der Waals surface area contributed by atoms with Crippen LogP contribution >= 0.6 is 0 Å². The molecule has 1 aromatic rings.